The van der Waals surface area contributed by atoms with Crippen LogP contribution in [0, 0.1) is 10.1 Å². The van der Waals surface area contributed by atoms with Crippen LogP contribution in [-0.4, -0.2) is 31.0 Å². The van der Waals surface area contributed by atoms with E-state index in [0.717, 1.165) is 5.56 Å². The molecule has 0 aromatic heterocycles. The van der Waals surface area contributed by atoms with Crippen LogP contribution in [0.3, 0.4) is 0 Å². The van der Waals surface area contributed by atoms with Gasteiger partial charge in [-0.15, -0.1) is 0 Å². The zero-order valence-corrected chi connectivity index (χ0v) is 10.3. The summed E-state index contributed by atoms with van der Waals surface area (Å²) in [6, 6.07) is 4.70. The first kappa shape index (κ1) is 14.1. The van der Waals surface area contributed by atoms with Crippen LogP contribution < -0.4 is 4.74 Å². The van der Waals surface area contributed by atoms with Gasteiger partial charge in [-0.2, -0.15) is 0 Å². The number of nitro benzene ring substituents is 1. The van der Waals surface area contributed by atoms with Crippen molar-refractivity contribution in [1.29, 1.82) is 0 Å². The smallest absolute Gasteiger partial charge is 0.311 e. The molecule has 6 heteroatoms. The molecule has 0 fully saturated rings. The second-order valence-electron chi connectivity index (χ2n) is 3.67. The number of carbonyl (C=O) groups is 1. The third kappa shape index (κ3) is 3.81. The number of benzene rings is 1. The summed E-state index contributed by atoms with van der Waals surface area (Å²) in [5.74, 6) is -0.173. The van der Waals surface area contributed by atoms with E-state index in [0.29, 0.717) is 6.42 Å². The lowest BCUT2D eigenvalue weighted by atomic mass is 10.1. The number of Topliss-reactive ketones (excluding diaryl/α,β-unsaturated/α-hetero) is 1. The predicted octanol–water partition coefficient (Wildman–Crippen LogP) is 1.75. The molecule has 1 aromatic rings. The van der Waals surface area contributed by atoms with Crippen LogP contribution in [0.5, 0.6) is 5.75 Å². The van der Waals surface area contributed by atoms with Crippen molar-refractivity contribution in [2.75, 3.05) is 20.3 Å². The number of carbonyl (C=O) groups excluding carboxylic acids is 1. The SMILES string of the molecule is CCc1ccc(OCC(=O)COC)c([N+](=O)[O-])c1. The molecule has 0 N–H and O–H groups in total. The first-order valence-corrected chi connectivity index (χ1v) is 5.49. The van der Waals surface area contributed by atoms with E-state index in [-0.39, 0.29) is 30.4 Å². The van der Waals surface area contributed by atoms with Crippen molar-refractivity contribution in [2.45, 2.75) is 13.3 Å². The molecule has 0 aliphatic carbocycles. The maximum Gasteiger partial charge on any atom is 0.311 e. The Kier molecular flexibility index (Phi) is 5.26. The van der Waals surface area contributed by atoms with Crippen molar-refractivity contribution >= 4 is 11.5 Å². The molecule has 0 amide bonds. The van der Waals surface area contributed by atoms with E-state index >= 15 is 0 Å². The molecule has 0 aliphatic heterocycles. The quantitative estimate of drug-likeness (QED) is 0.546. The topological polar surface area (TPSA) is 78.7 Å². The lowest BCUT2D eigenvalue weighted by molar-refractivity contribution is -0.385. The number of nitrogens with zero attached hydrogens (tertiary/aromatic N) is 1. The van der Waals surface area contributed by atoms with Crippen molar-refractivity contribution < 1.29 is 19.2 Å². The van der Waals surface area contributed by atoms with Crippen LogP contribution in [0.15, 0.2) is 18.2 Å². The second-order valence-corrected chi connectivity index (χ2v) is 3.67. The van der Waals surface area contributed by atoms with Crippen molar-refractivity contribution in [3.8, 4) is 5.75 Å². The average Bonchev–Trinajstić information content (AvgIpc) is 2.36. The minimum Gasteiger partial charge on any atom is -0.479 e. The average molecular weight is 253 g/mol. The molecule has 0 unspecified atom stereocenters. The van der Waals surface area contributed by atoms with E-state index in [9.17, 15) is 14.9 Å². The fraction of sp³-hybridized carbons (Fsp3) is 0.417. The van der Waals surface area contributed by atoms with Crippen LogP contribution in [0.25, 0.3) is 0 Å². The van der Waals surface area contributed by atoms with E-state index in [1.165, 1.54) is 19.2 Å². The zero-order chi connectivity index (χ0) is 13.5. The predicted molar refractivity (Wildman–Crippen MR) is 64.9 cm³/mol. The molecule has 0 radical (unpaired) electrons. The fourth-order valence-electron chi connectivity index (χ4n) is 1.41. The molecular formula is C12H15NO5. The first-order valence-electron chi connectivity index (χ1n) is 5.49. The number of aryl methyl sites for hydroxylation is 1. The Hall–Kier alpha value is -1.95. The summed E-state index contributed by atoms with van der Waals surface area (Å²) in [5, 5.41) is 10.9. The molecule has 0 heterocycles. The van der Waals surface area contributed by atoms with Crippen LogP contribution >= 0.6 is 0 Å². The molecule has 18 heavy (non-hydrogen) atoms. The number of rotatable bonds is 7. The van der Waals surface area contributed by atoms with E-state index in [4.69, 9.17) is 4.74 Å². The summed E-state index contributed by atoms with van der Waals surface area (Å²) in [4.78, 5) is 21.6. The lowest BCUT2D eigenvalue weighted by Gasteiger charge is -2.07. The van der Waals surface area contributed by atoms with Gasteiger partial charge >= 0.3 is 5.69 Å². The van der Waals surface area contributed by atoms with Gasteiger partial charge in [-0.1, -0.05) is 13.0 Å². The fourth-order valence-corrected chi connectivity index (χ4v) is 1.41. The van der Waals surface area contributed by atoms with E-state index in [1.54, 1.807) is 6.07 Å². The highest BCUT2D eigenvalue weighted by Gasteiger charge is 2.16. The van der Waals surface area contributed by atoms with E-state index < -0.39 is 4.92 Å². The largest absolute Gasteiger partial charge is 0.479 e. The summed E-state index contributed by atoms with van der Waals surface area (Å²) in [7, 11) is 1.40. The van der Waals surface area contributed by atoms with Gasteiger partial charge in [0.2, 0.25) is 0 Å². The Balaban J connectivity index is 2.81. The lowest BCUT2D eigenvalue weighted by Crippen LogP contribution is -2.16. The summed E-state index contributed by atoms with van der Waals surface area (Å²) >= 11 is 0. The monoisotopic (exact) mass is 253 g/mol. The van der Waals surface area contributed by atoms with Gasteiger partial charge in [0.15, 0.2) is 11.5 Å². The van der Waals surface area contributed by atoms with E-state index in [1.807, 2.05) is 6.92 Å². The summed E-state index contributed by atoms with van der Waals surface area (Å²) in [6.07, 6.45) is 0.698. The van der Waals surface area contributed by atoms with Gasteiger partial charge in [-0.3, -0.25) is 14.9 Å². The number of ketones is 1. The third-order valence-electron chi connectivity index (χ3n) is 2.32. The molecule has 0 saturated carbocycles. The normalized spacial score (nSPS) is 10.1. The van der Waals surface area contributed by atoms with Crippen molar-refractivity contribution in [1.82, 2.24) is 0 Å². The molecule has 6 nitrogen and oxygen atoms in total. The number of hydrogen-bond donors (Lipinski definition) is 0. The second kappa shape index (κ2) is 6.70. The van der Waals surface area contributed by atoms with Gasteiger partial charge in [0, 0.05) is 13.2 Å². The number of ether oxygens (including phenoxy) is 2. The molecule has 0 spiro atoms. The highest BCUT2D eigenvalue weighted by atomic mass is 16.6. The molecular weight excluding hydrogens is 238 g/mol. The molecule has 0 bridgehead atoms. The van der Waals surface area contributed by atoms with Crippen LogP contribution in [0.1, 0.15) is 12.5 Å². The van der Waals surface area contributed by atoms with Gasteiger partial charge < -0.3 is 9.47 Å². The Morgan fingerprint density at radius 3 is 2.67 bits per heavy atom. The summed E-state index contributed by atoms with van der Waals surface area (Å²) in [6.45, 7) is 1.60. The number of methoxy groups -OCH3 is 1. The molecule has 0 saturated heterocycles. The van der Waals surface area contributed by atoms with Gasteiger partial charge in [-0.25, -0.2) is 0 Å². The van der Waals surface area contributed by atoms with Crippen molar-refractivity contribution in [3.05, 3.63) is 33.9 Å². The summed E-state index contributed by atoms with van der Waals surface area (Å²) < 4.78 is 9.78. The highest BCUT2D eigenvalue weighted by molar-refractivity contribution is 5.81. The number of hydrogen-bond acceptors (Lipinski definition) is 5. The maximum absolute atomic E-state index is 11.2. The van der Waals surface area contributed by atoms with Gasteiger partial charge in [0.05, 0.1) is 4.92 Å². The Morgan fingerprint density at radius 2 is 2.11 bits per heavy atom. The zero-order valence-electron chi connectivity index (χ0n) is 10.3. The molecule has 1 rings (SSSR count). The Labute approximate surface area is 105 Å². The van der Waals surface area contributed by atoms with Gasteiger partial charge in [0.1, 0.15) is 13.2 Å². The van der Waals surface area contributed by atoms with Crippen LogP contribution in [0.2, 0.25) is 0 Å². The van der Waals surface area contributed by atoms with E-state index in [2.05, 4.69) is 4.74 Å². The van der Waals surface area contributed by atoms with Crippen LogP contribution in [-0.2, 0) is 16.0 Å². The maximum atomic E-state index is 11.2. The molecule has 0 atom stereocenters. The first-order chi connectivity index (χ1) is 8.58. The molecule has 1 aromatic carbocycles. The minimum absolute atomic E-state index is 0.0686. The Bertz CT molecular complexity index is 444. The van der Waals surface area contributed by atoms with Crippen LogP contribution in [0.4, 0.5) is 5.69 Å². The van der Waals surface area contributed by atoms with Gasteiger partial charge in [0.25, 0.3) is 0 Å². The third-order valence-corrected chi connectivity index (χ3v) is 2.32. The number of nitro groups is 1. The van der Waals surface area contributed by atoms with Gasteiger partial charge in [-0.05, 0) is 18.1 Å². The minimum atomic E-state index is -0.519. The van der Waals surface area contributed by atoms with Crippen molar-refractivity contribution in [3.63, 3.8) is 0 Å². The molecule has 98 valence electrons. The summed E-state index contributed by atoms with van der Waals surface area (Å²) in [5.41, 5.74) is 0.719. The van der Waals surface area contributed by atoms with Crippen molar-refractivity contribution in [2.24, 2.45) is 0 Å². The standard InChI is InChI=1S/C12H15NO5/c1-3-9-4-5-12(11(6-9)13(15)16)18-8-10(14)7-17-2/h4-6H,3,7-8H2,1-2H3. The molecule has 0 aliphatic rings. The Morgan fingerprint density at radius 1 is 1.39 bits per heavy atom. The highest BCUT2D eigenvalue weighted by Crippen LogP contribution is 2.28.